The zero-order chi connectivity index (χ0) is 24.6. The first-order valence-electron chi connectivity index (χ1n) is 10.5. The molecule has 0 spiro atoms. The Labute approximate surface area is 202 Å². The van der Waals surface area contributed by atoms with Crippen molar-refractivity contribution in [1.29, 1.82) is 0 Å². The summed E-state index contributed by atoms with van der Waals surface area (Å²) in [6, 6.07) is 14.2. The number of benzene rings is 1. The van der Waals surface area contributed by atoms with Crippen molar-refractivity contribution in [2.75, 3.05) is 43.1 Å². The fourth-order valence-corrected chi connectivity index (χ4v) is 4.71. The molecule has 180 valence electrons. The maximum Gasteiger partial charge on any atom is 0.261 e. The maximum absolute atomic E-state index is 12.3. The lowest BCUT2D eigenvalue weighted by atomic mass is 10.2. The van der Waals surface area contributed by atoms with Gasteiger partial charge in [-0.1, -0.05) is 30.3 Å². The van der Waals surface area contributed by atoms with Crippen LogP contribution < -0.4 is 21.3 Å². The van der Waals surface area contributed by atoms with Crippen LogP contribution >= 0.6 is 11.3 Å². The number of anilines is 2. The molecular formula is C22H26N6O4S2. The summed E-state index contributed by atoms with van der Waals surface area (Å²) in [5.41, 5.74) is 0.851. The van der Waals surface area contributed by atoms with Crippen molar-refractivity contribution >= 4 is 44.6 Å². The number of hydrogen-bond acceptors (Lipinski definition) is 9. The second-order valence-electron chi connectivity index (χ2n) is 7.31. The SMILES string of the molecule is CC(=O)NCCNc1cc(NCCNC(=O)c2ccc(S(C)(=O)=O)s2)nc(-c2ccccc2)n1. The Hall–Kier alpha value is -3.51. The summed E-state index contributed by atoms with van der Waals surface area (Å²) in [4.78, 5) is 32.8. The Bertz CT molecular complexity index is 1250. The maximum atomic E-state index is 12.3. The summed E-state index contributed by atoms with van der Waals surface area (Å²) in [5, 5.41) is 11.8. The van der Waals surface area contributed by atoms with E-state index in [1.54, 1.807) is 6.07 Å². The highest BCUT2D eigenvalue weighted by Crippen LogP contribution is 2.22. The molecule has 4 N–H and O–H groups in total. The van der Waals surface area contributed by atoms with Crippen LogP contribution in [-0.2, 0) is 14.6 Å². The van der Waals surface area contributed by atoms with Gasteiger partial charge in [0.1, 0.15) is 15.8 Å². The highest BCUT2D eigenvalue weighted by Gasteiger charge is 2.14. The average molecular weight is 503 g/mol. The van der Waals surface area contributed by atoms with Crippen molar-refractivity contribution < 1.29 is 18.0 Å². The molecule has 0 aliphatic heterocycles. The quantitative estimate of drug-likeness (QED) is 0.292. The fourth-order valence-electron chi connectivity index (χ4n) is 2.87. The number of rotatable bonds is 11. The van der Waals surface area contributed by atoms with Gasteiger partial charge in [0, 0.05) is 51.0 Å². The Morgan fingerprint density at radius 2 is 1.50 bits per heavy atom. The number of nitrogens with zero attached hydrogens (tertiary/aromatic N) is 2. The minimum absolute atomic E-state index is 0.103. The van der Waals surface area contributed by atoms with Crippen molar-refractivity contribution in [2.45, 2.75) is 11.1 Å². The predicted octanol–water partition coefficient (Wildman–Crippen LogP) is 2.00. The molecule has 2 aromatic heterocycles. The van der Waals surface area contributed by atoms with Crippen molar-refractivity contribution in [3.63, 3.8) is 0 Å². The third-order valence-electron chi connectivity index (χ3n) is 4.45. The fraction of sp³-hybridized carbons (Fsp3) is 0.273. The van der Waals surface area contributed by atoms with Crippen LogP contribution in [0.2, 0.25) is 0 Å². The van der Waals surface area contributed by atoms with Crippen LogP contribution in [0.5, 0.6) is 0 Å². The molecule has 0 aliphatic carbocycles. The first-order chi connectivity index (χ1) is 16.2. The standard InChI is InChI=1S/C22H26N6O4S2/c1-15(29)23-10-11-24-18-14-19(28-21(27-18)16-6-4-3-5-7-16)25-12-13-26-22(30)17-8-9-20(33-17)34(2,31)32/h3-9,14H,10-13H2,1-2H3,(H,23,29)(H,26,30)(H2,24,25,27,28). The summed E-state index contributed by atoms with van der Waals surface area (Å²) in [5.74, 6) is 1.26. The normalized spacial score (nSPS) is 11.0. The first kappa shape index (κ1) is 25.1. The highest BCUT2D eigenvalue weighted by atomic mass is 32.2. The number of sulfone groups is 1. The molecular weight excluding hydrogens is 476 g/mol. The van der Waals surface area contributed by atoms with E-state index in [4.69, 9.17) is 0 Å². The third kappa shape index (κ3) is 7.52. The molecule has 3 rings (SSSR count). The van der Waals surface area contributed by atoms with Crippen LogP contribution in [-0.4, -0.2) is 62.6 Å². The van der Waals surface area contributed by atoms with E-state index in [2.05, 4.69) is 31.2 Å². The number of carbonyl (C=O) groups is 2. The average Bonchev–Trinajstić information content (AvgIpc) is 3.31. The minimum Gasteiger partial charge on any atom is -0.368 e. The van der Waals surface area contributed by atoms with Crippen LogP contribution in [0.15, 0.2) is 52.7 Å². The number of amides is 2. The van der Waals surface area contributed by atoms with E-state index < -0.39 is 9.84 Å². The smallest absolute Gasteiger partial charge is 0.261 e. The number of nitrogens with one attached hydrogen (secondary N) is 4. The van der Waals surface area contributed by atoms with Gasteiger partial charge >= 0.3 is 0 Å². The molecule has 0 unspecified atom stereocenters. The summed E-state index contributed by atoms with van der Waals surface area (Å²) >= 11 is 0.940. The Morgan fingerprint density at radius 1 is 0.882 bits per heavy atom. The molecule has 2 heterocycles. The molecule has 0 saturated heterocycles. The third-order valence-corrected chi connectivity index (χ3v) is 7.35. The molecule has 0 saturated carbocycles. The van der Waals surface area contributed by atoms with Crippen LogP contribution in [0.25, 0.3) is 11.4 Å². The van der Waals surface area contributed by atoms with Crippen molar-refractivity contribution in [1.82, 2.24) is 20.6 Å². The van der Waals surface area contributed by atoms with Gasteiger partial charge in [0.05, 0.1) is 4.88 Å². The lowest BCUT2D eigenvalue weighted by Crippen LogP contribution is -2.28. The van der Waals surface area contributed by atoms with Gasteiger partial charge in [-0.2, -0.15) is 0 Å². The summed E-state index contributed by atoms with van der Waals surface area (Å²) < 4.78 is 23.3. The topological polar surface area (TPSA) is 142 Å². The second-order valence-corrected chi connectivity index (χ2v) is 10.6. The first-order valence-corrected chi connectivity index (χ1v) is 13.2. The molecule has 0 atom stereocenters. The van der Waals surface area contributed by atoms with Crippen LogP contribution in [0.4, 0.5) is 11.6 Å². The van der Waals surface area contributed by atoms with Gasteiger partial charge < -0.3 is 21.3 Å². The highest BCUT2D eigenvalue weighted by molar-refractivity contribution is 7.92. The number of aromatic nitrogens is 2. The molecule has 34 heavy (non-hydrogen) atoms. The second kappa shape index (κ2) is 11.6. The van der Waals surface area contributed by atoms with E-state index >= 15 is 0 Å². The summed E-state index contributed by atoms with van der Waals surface area (Å²) in [7, 11) is -3.34. The van der Waals surface area contributed by atoms with E-state index in [1.807, 2.05) is 30.3 Å². The van der Waals surface area contributed by atoms with Crippen molar-refractivity contribution in [3.8, 4) is 11.4 Å². The Kier molecular flexibility index (Phi) is 8.55. The zero-order valence-electron chi connectivity index (χ0n) is 18.8. The van der Waals surface area contributed by atoms with Gasteiger partial charge in [-0.05, 0) is 12.1 Å². The molecule has 0 aliphatic rings. The molecule has 0 fully saturated rings. The van der Waals surface area contributed by atoms with E-state index in [0.29, 0.717) is 48.5 Å². The predicted molar refractivity (Wildman–Crippen MR) is 133 cm³/mol. The molecule has 1 aromatic carbocycles. The lowest BCUT2D eigenvalue weighted by Gasteiger charge is -2.12. The zero-order valence-corrected chi connectivity index (χ0v) is 20.4. The number of carbonyl (C=O) groups excluding carboxylic acids is 2. The van der Waals surface area contributed by atoms with E-state index in [-0.39, 0.29) is 16.0 Å². The van der Waals surface area contributed by atoms with Gasteiger partial charge in [0.15, 0.2) is 15.7 Å². The number of hydrogen-bond donors (Lipinski definition) is 4. The molecule has 2 amide bonds. The molecule has 12 heteroatoms. The molecule has 0 bridgehead atoms. The van der Waals surface area contributed by atoms with Gasteiger partial charge in [-0.3, -0.25) is 9.59 Å². The summed E-state index contributed by atoms with van der Waals surface area (Å²) in [6.07, 6.45) is 1.11. The van der Waals surface area contributed by atoms with Crippen molar-refractivity contribution in [3.05, 3.63) is 53.4 Å². The molecule has 10 nitrogen and oxygen atoms in total. The van der Waals surface area contributed by atoms with Gasteiger partial charge in [-0.15, -0.1) is 11.3 Å². The number of thiophene rings is 1. The van der Waals surface area contributed by atoms with Gasteiger partial charge in [-0.25, -0.2) is 18.4 Å². The van der Waals surface area contributed by atoms with Gasteiger partial charge in [0.25, 0.3) is 5.91 Å². The van der Waals surface area contributed by atoms with Crippen LogP contribution in [0.1, 0.15) is 16.6 Å². The summed E-state index contributed by atoms with van der Waals surface area (Å²) in [6.45, 7) is 3.12. The largest absolute Gasteiger partial charge is 0.368 e. The molecule has 0 radical (unpaired) electrons. The van der Waals surface area contributed by atoms with Crippen LogP contribution in [0, 0.1) is 0 Å². The monoisotopic (exact) mass is 502 g/mol. The van der Waals surface area contributed by atoms with E-state index in [0.717, 1.165) is 23.2 Å². The van der Waals surface area contributed by atoms with Gasteiger partial charge in [0.2, 0.25) is 5.91 Å². The van der Waals surface area contributed by atoms with Crippen LogP contribution in [0.3, 0.4) is 0 Å². The lowest BCUT2D eigenvalue weighted by molar-refractivity contribution is -0.118. The van der Waals surface area contributed by atoms with E-state index in [1.165, 1.54) is 19.1 Å². The minimum atomic E-state index is -3.34. The Balaban J connectivity index is 1.61. The van der Waals surface area contributed by atoms with Crippen molar-refractivity contribution in [2.24, 2.45) is 0 Å². The van der Waals surface area contributed by atoms with E-state index in [9.17, 15) is 18.0 Å². The molecule has 3 aromatic rings. The Morgan fingerprint density at radius 3 is 2.06 bits per heavy atom.